The highest BCUT2D eigenvalue weighted by molar-refractivity contribution is 14.0. The fourth-order valence-electron chi connectivity index (χ4n) is 2.36. The van der Waals surface area contributed by atoms with Crippen LogP contribution in [0, 0.1) is 5.92 Å². The molecule has 0 aliphatic carbocycles. The third kappa shape index (κ3) is 6.66. The van der Waals surface area contributed by atoms with Gasteiger partial charge in [0.15, 0.2) is 5.96 Å². The van der Waals surface area contributed by atoms with Gasteiger partial charge in [-0.1, -0.05) is 31.5 Å². The van der Waals surface area contributed by atoms with E-state index in [4.69, 9.17) is 16.6 Å². The average molecular weight is 469 g/mol. The molecule has 1 aliphatic rings. The highest BCUT2D eigenvalue weighted by atomic mass is 127. The lowest BCUT2D eigenvalue weighted by Gasteiger charge is -2.36. The highest BCUT2D eigenvalue weighted by Crippen LogP contribution is 2.24. The van der Waals surface area contributed by atoms with Crippen molar-refractivity contribution >= 4 is 53.3 Å². The Morgan fingerprint density at radius 3 is 2.91 bits per heavy atom. The van der Waals surface area contributed by atoms with Crippen LogP contribution in [0.1, 0.15) is 26.3 Å². The second kappa shape index (κ2) is 10.6. The van der Waals surface area contributed by atoms with Crippen molar-refractivity contribution in [3.05, 3.63) is 29.0 Å². The van der Waals surface area contributed by atoms with Gasteiger partial charge in [0.25, 0.3) is 0 Å². The van der Waals surface area contributed by atoms with E-state index in [2.05, 4.69) is 47.7 Å². The average Bonchev–Trinajstić information content (AvgIpc) is 2.53. The quantitative estimate of drug-likeness (QED) is 0.315. The number of hydrogen-bond acceptors (Lipinski definition) is 3. The van der Waals surface area contributed by atoms with Gasteiger partial charge in [-0.3, -0.25) is 0 Å². The van der Waals surface area contributed by atoms with Crippen LogP contribution in [0.15, 0.2) is 23.3 Å². The number of nitrogens with zero attached hydrogens (tertiary/aromatic N) is 3. The van der Waals surface area contributed by atoms with Crippen molar-refractivity contribution in [3.63, 3.8) is 0 Å². The zero-order valence-electron chi connectivity index (χ0n) is 14.0. The number of halogens is 2. The van der Waals surface area contributed by atoms with E-state index >= 15 is 0 Å². The molecule has 0 bridgehead atoms. The summed E-state index contributed by atoms with van der Waals surface area (Å²) in [6.45, 7) is 10.3. The molecule has 1 aromatic heterocycles. The minimum absolute atomic E-state index is 0. The Morgan fingerprint density at radius 1 is 1.52 bits per heavy atom. The Morgan fingerprint density at radius 2 is 2.30 bits per heavy atom. The van der Waals surface area contributed by atoms with Crippen LogP contribution in [-0.2, 0) is 6.54 Å². The Labute approximate surface area is 165 Å². The summed E-state index contributed by atoms with van der Waals surface area (Å²) in [5.41, 5.74) is 1.08. The molecule has 1 saturated heterocycles. The molecule has 0 spiro atoms. The molecule has 0 saturated carbocycles. The van der Waals surface area contributed by atoms with Crippen LogP contribution >= 0.6 is 47.3 Å². The molecule has 1 aliphatic heterocycles. The fourth-order valence-corrected chi connectivity index (χ4v) is 3.77. The topological polar surface area (TPSA) is 40.5 Å². The van der Waals surface area contributed by atoms with E-state index in [9.17, 15) is 0 Å². The summed E-state index contributed by atoms with van der Waals surface area (Å²) < 4.78 is 0. The SMILES string of the molecule is CCNC(=NCc1ccc(Cl)nc1)N1CCSC(C(C)C)C1.I. The van der Waals surface area contributed by atoms with Crippen molar-refractivity contribution in [2.45, 2.75) is 32.6 Å². The zero-order chi connectivity index (χ0) is 15.9. The summed E-state index contributed by atoms with van der Waals surface area (Å²) in [4.78, 5) is 11.3. The monoisotopic (exact) mass is 468 g/mol. The lowest BCUT2D eigenvalue weighted by Crippen LogP contribution is -2.49. The first kappa shape index (κ1) is 20.8. The van der Waals surface area contributed by atoms with Crippen molar-refractivity contribution in [2.75, 3.05) is 25.4 Å². The van der Waals surface area contributed by atoms with Crippen LogP contribution in [0.3, 0.4) is 0 Å². The van der Waals surface area contributed by atoms with Crippen LogP contribution in [0.5, 0.6) is 0 Å². The Bertz CT molecular complexity index is 495. The normalized spacial score (nSPS) is 18.7. The van der Waals surface area contributed by atoms with Gasteiger partial charge in [0.1, 0.15) is 5.15 Å². The summed E-state index contributed by atoms with van der Waals surface area (Å²) in [6.07, 6.45) is 1.79. The first-order valence-electron chi connectivity index (χ1n) is 7.85. The third-order valence-electron chi connectivity index (χ3n) is 3.67. The lowest BCUT2D eigenvalue weighted by atomic mass is 10.1. The van der Waals surface area contributed by atoms with Crippen molar-refractivity contribution in [1.29, 1.82) is 0 Å². The fraction of sp³-hybridized carbons (Fsp3) is 0.625. The van der Waals surface area contributed by atoms with Crippen LogP contribution in [0.25, 0.3) is 0 Å². The molecular formula is C16H26ClIN4S. The molecule has 1 unspecified atom stereocenters. The van der Waals surface area contributed by atoms with Gasteiger partial charge in [-0.2, -0.15) is 11.8 Å². The Kier molecular flexibility index (Phi) is 9.61. The maximum atomic E-state index is 5.82. The van der Waals surface area contributed by atoms with Gasteiger partial charge < -0.3 is 10.2 Å². The van der Waals surface area contributed by atoms with Gasteiger partial charge in [0.05, 0.1) is 6.54 Å². The van der Waals surface area contributed by atoms with E-state index in [1.807, 2.05) is 12.1 Å². The van der Waals surface area contributed by atoms with Crippen LogP contribution in [0.4, 0.5) is 0 Å². The van der Waals surface area contributed by atoms with Crippen molar-refractivity contribution < 1.29 is 0 Å². The van der Waals surface area contributed by atoms with Gasteiger partial charge in [-0.25, -0.2) is 9.98 Å². The number of aromatic nitrogens is 1. The van der Waals surface area contributed by atoms with Gasteiger partial charge in [-0.05, 0) is 24.5 Å². The third-order valence-corrected chi connectivity index (χ3v) is 5.43. The molecule has 1 N–H and O–H groups in total. The zero-order valence-corrected chi connectivity index (χ0v) is 17.9. The predicted octanol–water partition coefficient (Wildman–Crippen LogP) is 3.89. The van der Waals surface area contributed by atoms with E-state index in [0.717, 1.165) is 36.9 Å². The Balaban J connectivity index is 0.00000264. The molecule has 0 aromatic carbocycles. The smallest absolute Gasteiger partial charge is 0.194 e. The minimum Gasteiger partial charge on any atom is -0.357 e. The van der Waals surface area contributed by atoms with E-state index in [1.165, 1.54) is 0 Å². The molecular weight excluding hydrogens is 443 g/mol. The number of pyridine rings is 1. The summed E-state index contributed by atoms with van der Waals surface area (Å²) in [5, 5.41) is 4.61. The maximum absolute atomic E-state index is 5.82. The molecule has 2 heterocycles. The number of guanidine groups is 1. The molecule has 1 aromatic rings. The largest absolute Gasteiger partial charge is 0.357 e. The summed E-state index contributed by atoms with van der Waals surface area (Å²) >= 11 is 7.90. The molecule has 7 heteroatoms. The molecule has 0 radical (unpaired) electrons. The summed E-state index contributed by atoms with van der Waals surface area (Å²) in [7, 11) is 0. The van der Waals surface area contributed by atoms with Crippen LogP contribution < -0.4 is 5.32 Å². The Hall–Kier alpha value is -0.210. The molecule has 0 amide bonds. The highest BCUT2D eigenvalue weighted by Gasteiger charge is 2.24. The first-order chi connectivity index (χ1) is 10.6. The number of aliphatic imine (C=N–C) groups is 1. The lowest BCUT2D eigenvalue weighted by molar-refractivity contribution is 0.381. The second-order valence-corrected chi connectivity index (χ2v) is 7.49. The van der Waals surface area contributed by atoms with E-state index in [0.29, 0.717) is 22.9 Å². The van der Waals surface area contributed by atoms with Gasteiger partial charge in [-0.15, -0.1) is 24.0 Å². The predicted molar refractivity (Wildman–Crippen MR) is 112 cm³/mol. The van der Waals surface area contributed by atoms with E-state index in [1.54, 1.807) is 6.20 Å². The summed E-state index contributed by atoms with van der Waals surface area (Å²) in [5.74, 6) is 2.86. The van der Waals surface area contributed by atoms with Crippen molar-refractivity contribution in [3.8, 4) is 0 Å². The minimum atomic E-state index is 0. The number of nitrogens with one attached hydrogen (secondary N) is 1. The standard InChI is InChI=1S/C16H25ClN4S.HI/c1-4-18-16(20-10-13-5-6-15(17)19-9-13)21-7-8-22-14(11-21)12(2)3;/h5-6,9,12,14H,4,7-8,10-11H2,1-3H3,(H,18,20);1H. The molecule has 23 heavy (non-hydrogen) atoms. The maximum Gasteiger partial charge on any atom is 0.194 e. The van der Waals surface area contributed by atoms with Crippen LogP contribution in [0.2, 0.25) is 5.15 Å². The molecule has 1 atom stereocenters. The number of rotatable bonds is 4. The van der Waals surface area contributed by atoms with E-state index in [-0.39, 0.29) is 24.0 Å². The molecule has 2 rings (SSSR count). The van der Waals surface area contributed by atoms with Crippen LogP contribution in [-0.4, -0.2) is 46.5 Å². The molecule has 1 fully saturated rings. The van der Waals surface area contributed by atoms with Crippen molar-refractivity contribution in [1.82, 2.24) is 15.2 Å². The van der Waals surface area contributed by atoms with Crippen molar-refractivity contribution in [2.24, 2.45) is 10.9 Å². The molecule has 4 nitrogen and oxygen atoms in total. The number of thioether (sulfide) groups is 1. The van der Waals surface area contributed by atoms with E-state index < -0.39 is 0 Å². The molecule has 130 valence electrons. The van der Waals surface area contributed by atoms with Gasteiger partial charge in [0, 0.05) is 36.8 Å². The van der Waals surface area contributed by atoms with Gasteiger partial charge in [0.2, 0.25) is 0 Å². The second-order valence-electron chi connectivity index (χ2n) is 5.76. The summed E-state index contributed by atoms with van der Waals surface area (Å²) in [6, 6.07) is 3.79. The first-order valence-corrected chi connectivity index (χ1v) is 9.28. The number of hydrogen-bond donors (Lipinski definition) is 1. The van der Waals surface area contributed by atoms with Gasteiger partial charge >= 0.3 is 0 Å².